The highest BCUT2D eigenvalue weighted by molar-refractivity contribution is 5.65. The Morgan fingerprint density at radius 2 is 2.33 bits per heavy atom. The van der Waals surface area contributed by atoms with Crippen molar-refractivity contribution in [2.24, 2.45) is 17.8 Å². The maximum Gasteiger partial charge on any atom is 0.302 e. The SMILES string of the molecule is CC(=O)OCC1CC2C=C[C@@H]1C2. The number of hydrogen-bond acceptors (Lipinski definition) is 2. The molecule has 2 bridgehead atoms. The molecule has 12 heavy (non-hydrogen) atoms. The molecule has 2 rings (SSSR count). The van der Waals surface area contributed by atoms with Crippen LogP contribution in [0.15, 0.2) is 12.2 Å². The molecule has 0 saturated heterocycles. The Labute approximate surface area is 72.6 Å². The number of hydrogen-bond donors (Lipinski definition) is 0. The van der Waals surface area contributed by atoms with Gasteiger partial charge < -0.3 is 4.74 Å². The normalized spacial score (nSPS) is 37.2. The van der Waals surface area contributed by atoms with E-state index >= 15 is 0 Å². The molecular weight excluding hydrogens is 152 g/mol. The lowest BCUT2D eigenvalue weighted by atomic mass is 9.95. The van der Waals surface area contributed by atoms with E-state index < -0.39 is 0 Å². The molecule has 0 aliphatic heterocycles. The van der Waals surface area contributed by atoms with Gasteiger partial charge in [0.2, 0.25) is 0 Å². The van der Waals surface area contributed by atoms with E-state index in [1.54, 1.807) is 0 Å². The molecule has 0 amide bonds. The average Bonchev–Trinajstić information content (AvgIpc) is 2.60. The maximum atomic E-state index is 10.6. The van der Waals surface area contributed by atoms with Crippen LogP contribution in [0.1, 0.15) is 19.8 Å². The summed E-state index contributed by atoms with van der Waals surface area (Å²) in [6.45, 7) is 2.10. The van der Waals surface area contributed by atoms with Crippen LogP contribution in [0.4, 0.5) is 0 Å². The molecule has 2 aliphatic carbocycles. The number of rotatable bonds is 2. The molecule has 0 aromatic rings. The zero-order chi connectivity index (χ0) is 8.55. The standard InChI is InChI=1S/C10H14O2/c1-7(11)12-6-10-5-8-2-3-9(10)4-8/h2-3,8-10H,4-6H2,1H3/t8?,9-,10?/m1/s1. The minimum atomic E-state index is -0.151. The summed E-state index contributed by atoms with van der Waals surface area (Å²) in [6, 6.07) is 0. The Hall–Kier alpha value is -0.790. The first-order valence-corrected chi connectivity index (χ1v) is 4.57. The van der Waals surface area contributed by atoms with Gasteiger partial charge in [-0.05, 0) is 30.6 Å². The van der Waals surface area contributed by atoms with Gasteiger partial charge in [-0.3, -0.25) is 4.79 Å². The summed E-state index contributed by atoms with van der Waals surface area (Å²) >= 11 is 0. The number of carbonyl (C=O) groups excluding carboxylic acids is 1. The van der Waals surface area contributed by atoms with Gasteiger partial charge in [0, 0.05) is 6.92 Å². The van der Waals surface area contributed by atoms with E-state index in [9.17, 15) is 4.79 Å². The predicted octanol–water partition coefficient (Wildman–Crippen LogP) is 1.76. The van der Waals surface area contributed by atoms with Crippen LogP contribution in [0.25, 0.3) is 0 Å². The summed E-state index contributed by atoms with van der Waals surface area (Å²) in [5.74, 6) is 1.91. The van der Waals surface area contributed by atoms with Crippen LogP contribution in [-0.4, -0.2) is 12.6 Å². The van der Waals surface area contributed by atoms with E-state index in [1.807, 2.05) is 0 Å². The van der Waals surface area contributed by atoms with Gasteiger partial charge in [0.25, 0.3) is 0 Å². The van der Waals surface area contributed by atoms with Crippen molar-refractivity contribution in [3.05, 3.63) is 12.2 Å². The van der Waals surface area contributed by atoms with E-state index in [0.717, 1.165) is 5.92 Å². The molecule has 0 spiro atoms. The summed E-state index contributed by atoms with van der Waals surface area (Å²) in [5, 5.41) is 0. The molecule has 2 unspecified atom stereocenters. The molecule has 2 nitrogen and oxygen atoms in total. The Morgan fingerprint density at radius 1 is 1.50 bits per heavy atom. The quantitative estimate of drug-likeness (QED) is 0.461. The van der Waals surface area contributed by atoms with Crippen molar-refractivity contribution in [2.45, 2.75) is 19.8 Å². The van der Waals surface area contributed by atoms with Gasteiger partial charge in [-0.15, -0.1) is 0 Å². The molecular formula is C10H14O2. The highest BCUT2D eigenvalue weighted by Gasteiger charge is 2.35. The van der Waals surface area contributed by atoms with Crippen LogP contribution in [0.5, 0.6) is 0 Å². The lowest BCUT2D eigenvalue weighted by molar-refractivity contribution is -0.142. The fraction of sp³-hybridized carbons (Fsp3) is 0.700. The molecule has 3 atom stereocenters. The first kappa shape index (κ1) is 7.84. The molecule has 0 aromatic carbocycles. The van der Waals surface area contributed by atoms with Gasteiger partial charge >= 0.3 is 5.97 Å². The van der Waals surface area contributed by atoms with E-state index in [0.29, 0.717) is 18.4 Å². The third-order valence-corrected chi connectivity index (χ3v) is 2.92. The topological polar surface area (TPSA) is 26.3 Å². The Balaban J connectivity index is 1.83. The highest BCUT2D eigenvalue weighted by Crippen LogP contribution is 2.43. The van der Waals surface area contributed by atoms with Gasteiger partial charge in [-0.2, -0.15) is 0 Å². The molecule has 66 valence electrons. The number of ether oxygens (including phenoxy) is 1. The maximum absolute atomic E-state index is 10.6. The van der Waals surface area contributed by atoms with E-state index in [1.165, 1.54) is 19.8 Å². The molecule has 2 heteroatoms. The van der Waals surface area contributed by atoms with Crippen molar-refractivity contribution in [2.75, 3.05) is 6.61 Å². The van der Waals surface area contributed by atoms with Crippen molar-refractivity contribution in [3.8, 4) is 0 Å². The first-order valence-electron chi connectivity index (χ1n) is 4.57. The van der Waals surface area contributed by atoms with Crippen molar-refractivity contribution >= 4 is 5.97 Å². The minimum Gasteiger partial charge on any atom is -0.466 e. The summed E-state index contributed by atoms with van der Waals surface area (Å²) in [4.78, 5) is 10.6. The molecule has 0 radical (unpaired) electrons. The largest absolute Gasteiger partial charge is 0.466 e. The lowest BCUT2D eigenvalue weighted by Gasteiger charge is -2.16. The Morgan fingerprint density at radius 3 is 2.83 bits per heavy atom. The summed E-state index contributed by atoms with van der Waals surface area (Å²) in [7, 11) is 0. The van der Waals surface area contributed by atoms with Crippen LogP contribution < -0.4 is 0 Å². The fourth-order valence-corrected chi connectivity index (χ4v) is 2.31. The van der Waals surface area contributed by atoms with Crippen molar-refractivity contribution in [1.29, 1.82) is 0 Å². The average molecular weight is 166 g/mol. The molecule has 1 fully saturated rings. The van der Waals surface area contributed by atoms with Crippen LogP contribution >= 0.6 is 0 Å². The van der Waals surface area contributed by atoms with E-state index in [-0.39, 0.29) is 5.97 Å². The van der Waals surface area contributed by atoms with Gasteiger partial charge in [-0.25, -0.2) is 0 Å². The van der Waals surface area contributed by atoms with Gasteiger partial charge in [0.1, 0.15) is 0 Å². The van der Waals surface area contributed by atoms with Crippen molar-refractivity contribution < 1.29 is 9.53 Å². The van der Waals surface area contributed by atoms with Crippen molar-refractivity contribution in [3.63, 3.8) is 0 Å². The Bertz CT molecular complexity index is 220. The fourth-order valence-electron chi connectivity index (χ4n) is 2.31. The van der Waals surface area contributed by atoms with Gasteiger partial charge in [-0.1, -0.05) is 12.2 Å². The van der Waals surface area contributed by atoms with Crippen LogP contribution in [0.3, 0.4) is 0 Å². The number of carbonyl (C=O) groups is 1. The monoisotopic (exact) mass is 166 g/mol. The van der Waals surface area contributed by atoms with E-state index in [4.69, 9.17) is 4.74 Å². The number of esters is 1. The minimum absolute atomic E-state index is 0.151. The van der Waals surface area contributed by atoms with Gasteiger partial charge in [0.15, 0.2) is 0 Å². The summed E-state index contributed by atoms with van der Waals surface area (Å²) in [5.41, 5.74) is 0. The zero-order valence-electron chi connectivity index (χ0n) is 7.32. The van der Waals surface area contributed by atoms with Crippen LogP contribution in [0, 0.1) is 17.8 Å². The number of allylic oxidation sites excluding steroid dienone is 2. The first-order chi connectivity index (χ1) is 5.75. The smallest absolute Gasteiger partial charge is 0.302 e. The van der Waals surface area contributed by atoms with Gasteiger partial charge in [0.05, 0.1) is 6.61 Å². The second-order valence-electron chi connectivity index (χ2n) is 3.84. The molecule has 0 aromatic heterocycles. The van der Waals surface area contributed by atoms with Crippen molar-refractivity contribution in [1.82, 2.24) is 0 Å². The zero-order valence-corrected chi connectivity index (χ0v) is 7.32. The Kier molecular flexibility index (Phi) is 1.91. The third-order valence-electron chi connectivity index (χ3n) is 2.92. The predicted molar refractivity (Wildman–Crippen MR) is 45.5 cm³/mol. The second kappa shape index (κ2) is 2.92. The number of fused-ring (bicyclic) bond motifs is 2. The third kappa shape index (κ3) is 1.38. The summed E-state index contributed by atoms with van der Waals surface area (Å²) < 4.78 is 5.01. The second-order valence-corrected chi connectivity index (χ2v) is 3.84. The molecule has 1 saturated carbocycles. The molecule has 0 heterocycles. The van der Waals surface area contributed by atoms with Crippen LogP contribution in [0.2, 0.25) is 0 Å². The van der Waals surface area contributed by atoms with E-state index in [2.05, 4.69) is 12.2 Å². The van der Waals surface area contributed by atoms with Crippen LogP contribution in [-0.2, 0) is 9.53 Å². The molecule has 2 aliphatic rings. The summed E-state index contributed by atoms with van der Waals surface area (Å²) in [6.07, 6.45) is 7.08. The highest BCUT2D eigenvalue weighted by atomic mass is 16.5. The molecule has 0 N–H and O–H groups in total. The lowest BCUT2D eigenvalue weighted by Crippen LogP contribution is -2.16.